The first-order valence-electron chi connectivity index (χ1n) is 8.15. The van der Waals surface area contributed by atoms with Gasteiger partial charge < -0.3 is 14.8 Å². The quantitative estimate of drug-likeness (QED) is 0.687. The number of methoxy groups -OCH3 is 1. The highest BCUT2D eigenvalue weighted by Crippen LogP contribution is 2.17. The van der Waals surface area contributed by atoms with Gasteiger partial charge in [0.1, 0.15) is 18.1 Å². The molecule has 2 aromatic carbocycles. The third-order valence-corrected chi connectivity index (χ3v) is 4.15. The third-order valence-electron chi connectivity index (χ3n) is 3.66. The second-order valence-corrected chi connectivity index (χ2v) is 6.37. The van der Waals surface area contributed by atoms with Crippen LogP contribution in [-0.2, 0) is 4.79 Å². The molecule has 0 unspecified atom stereocenters. The Balaban J connectivity index is 1.76. The first-order valence-corrected chi connectivity index (χ1v) is 8.94. The predicted molar refractivity (Wildman–Crippen MR) is 103 cm³/mol. The van der Waals surface area contributed by atoms with Crippen molar-refractivity contribution in [2.45, 2.75) is 6.92 Å². The van der Waals surface area contributed by atoms with Crippen LogP contribution in [0.25, 0.3) is 0 Å². The predicted octanol–water partition coefficient (Wildman–Crippen LogP) is 3.80. The topological polar surface area (TPSA) is 50.8 Å². The molecular weight excluding hydrogens is 384 g/mol. The molecule has 0 atom stereocenters. The summed E-state index contributed by atoms with van der Waals surface area (Å²) < 4.78 is 11.8. The lowest BCUT2D eigenvalue weighted by molar-refractivity contribution is -0.117. The molecule has 5 nitrogen and oxygen atoms in total. The van der Waals surface area contributed by atoms with Crippen LogP contribution in [0.5, 0.6) is 11.5 Å². The number of carbonyl (C=O) groups is 1. The molecule has 0 fully saturated rings. The van der Waals surface area contributed by atoms with Crippen LogP contribution >= 0.6 is 15.9 Å². The van der Waals surface area contributed by atoms with Gasteiger partial charge in [0.25, 0.3) is 0 Å². The van der Waals surface area contributed by atoms with Gasteiger partial charge in [0.2, 0.25) is 5.91 Å². The SMILES string of the molecule is CCN(CCOc1cccc(Br)c1)CC(=O)Nc1ccc(OC)cc1. The average molecular weight is 407 g/mol. The zero-order chi connectivity index (χ0) is 18.1. The van der Waals surface area contributed by atoms with Gasteiger partial charge >= 0.3 is 0 Å². The molecule has 134 valence electrons. The number of hydrogen-bond donors (Lipinski definition) is 1. The standard InChI is InChI=1S/C19H23BrN2O3/c1-3-22(11-12-25-18-6-4-5-15(20)13-18)14-19(23)21-16-7-9-17(24-2)10-8-16/h4-10,13H,3,11-12,14H2,1-2H3,(H,21,23). The first-order chi connectivity index (χ1) is 12.1. The van der Waals surface area contributed by atoms with Gasteiger partial charge in [-0.2, -0.15) is 0 Å². The molecule has 0 radical (unpaired) electrons. The minimum Gasteiger partial charge on any atom is -0.497 e. The summed E-state index contributed by atoms with van der Waals surface area (Å²) in [6, 6.07) is 15.0. The van der Waals surface area contributed by atoms with Crippen molar-refractivity contribution in [2.75, 3.05) is 38.7 Å². The van der Waals surface area contributed by atoms with Crippen LogP contribution in [-0.4, -0.2) is 44.2 Å². The lowest BCUT2D eigenvalue weighted by Crippen LogP contribution is -2.35. The number of rotatable bonds is 9. The number of nitrogens with one attached hydrogen (secondary N) is 1. The summed E-state index contributed by atoms with van der Waals surface area (Å²) in [5.74, 6) is 1.53. The smallest absolute Gasteiger partial charge is 0.238 e. The van der Waals surface area contributed by atoms with E-state index in [1.165, 1.54) is 0 Å². The molecule has 2 aromatic rings. The Bertz CT molecular complexity index is 677. The van der Waals surface area contributed by atoms with Gasteiger partial charge in [-0.05, 0) is 49.0 Å². The Labute approximate surface area is 157 Å². The molecule has 0 aliphatic carbocycles. The minimum absolute atomic E-state index is 0.0468. The lowest BCUT2D eigenvalue weighted by Gasteiger charge is -2.20. The molecule has 1 amide bonds. The first kappa shape index (κ1) is 19.3. The number of anilines is 1. The van der Waals surface area contributed by atoms with Crippen molar-refractivity contribution < 1.29 is 14.3 Å². The van der Waals surface area contributed by atoms with Crippen LogP contribution in [0, 0.1) is 0 Å². The maximum atomic E-state index is 12.2. The highest BCUT2D eigenvalue weighted by molar-refractivity contribution is 9.10. The summed E-state index contributed by atoms with van der Waals surface area (Å²) in [6.07, 6.45) is 0. The molecule has 0 heterocycles. The van der Waals surface area contributed by atoms with E-state index < -0.39 is 0 Å². The zero-order valence-electron chi connectivity index (χ0n) is 14.5. The van der Waals surface area contributed by atoms with Crippen molar-refractivity contribution in [3.05, 3.63) is 53.0 Å². The van der Waals surface area contributed by atoms with Crippen molar-refractivity contribution in [2.24, 2.45) is 0 Å². The van der Waals surface area contributed by atoms with Gasteiger partial charge in [-0.25, -0.2) is 0 Å². The zero-order valence-corrected chi connectivity index (χ0v) is 16.1. The Kier molecular flexibility index (Phi) is 7.76. The van der Waals surface area contributed by atoms with Gasteiger partial charge in [-0.15, -0.1) is 0 Å². The van der Waals surface area contributed by atoms with Gasteiger partial charge in [0.15, 0.2) is 0 Å². The summed E-state index contributed by atoms with van der Waals surface area (Å²) in [5, 5.41) is 2.89. The number of hydrogen-bond acceptors (Lipinski definition) is 4. The van der Waals surface area contributed by atoms with Crippen LogP contribution in [0.15, 0.2) is 53.0 Å². The summed E-state index contributed by atoms with van der Waals surface area (Å²) in [6.45, 7) is 4.33. The molecule has 0 saturated heterocycles. The van der Waals surface area contributed by atoms with E-state index in [4.69, 9.17) is 9.47 Å². The molecule has 1 N–H and O–H groups in total. The van der Waals surface area contributed by atoms with E-state index >= 15 is 0 Å². The minimum atomic E-state index is -0.0468. The summed E-state index contributed by atoms with van der Waals surface area (Å²) in [7, 11) is 1.61. The van der Waals surface area contributed by atoms with Crippen LogP contribution in [0.2, 0.25) is 0 Å². The molecular formula is C19H23BrN2O3. The molecule has 2 rings (SSSR count). The molecule has 6 heteroatoms. The maximum Gasteiger partial charge on any atom is 0.238 e. The maximum absolute atomic E-state index is 12.2. The van der Waals surface area contributed by atoms with E-state index in [0.29, 0.717) is 19.7 Å². The third kappa shape index (κ3) is 6.76. The highest BCUT2D eigenvalue weighted by atomic mass is 79.9. The fourth-order valence-corrected chi connectivity index (χ4v) is 2.65. The van der Waals surface area contributed by atoms with Gasteiger partial charge in [-0.1, -0.05) is 28.9 Å². The van der Waals surface area contributed by atoms with Crippen LogP contribution in [0.3, 0.4) is 0 Å². The van der Waals surface area contributed by atoms with E-state index in [-0.39, 0.29) is 5.91 Å². The van der Waals surface area contributed by atoms with Crippen molar-refractivity contribution in [1.29, 1.82) is 0 Å². The second-order valence-electron chi connectivity index (χ2n) is 5.45. The Morgan fingerprint density at radius 3 is 2.56 bits per heavy atom. The number of benzene rings is 2. The Hall–Kier alpha value is -2.05. The number of carbonyl (C=O) groups excluding carboxylic acids is 1. The average Bonchev–Trinajstić information content (AvgIpc) is 2.61. The number of nitrogens with zero attached hydrogens (tertiary/aromatic N) is 1. The van der Waals surface area contributed by atoms with Gasteiger partial charge in [-0.3, -0.25) is 9.69 Å². The highest BCUT2D eigenvalue weighted by Gasteiger charge is 2.10. The summed E-state index contributed by atoms with van der Waals surface area (Å²) in [4.78, 5) is 14.2. The molecule has 0 bridgehead atoms. The van der Waals surface area contributed by atoms with Crippen molar-refractivity contribution in [1.82, 2.24) is 4.90 Å². The van der Waals surface area contributed by atoms with Gasteiger partial charge in [0, 0.05) is 16.7 Å². The van der Waals surface area contributed by atoms with Crippen molar-refractivity contribution in [3.63, 3.8) is 0 Å². The van der Waals surface area contributed by atoms with Gasteiger partial charge in [0.05, 0.1) is 13.7 Å². The summed E-state index contributed by atoms with van der Waals surface area (Å²) >= 11 is 3.42. The monoisotopic (exact) mass is 406 g/mol. The Morgan fingerprint density at radius 1 is 1.16 bits per heavy atom. The van der Waals surface area contributed by atoms with Crippen LogP contribution in [0.1, 0.15) is 6.92 Å². The van der Waals surface area contributed by atoms with Crippen LogP contribution < -0.4 is 14.8 Å². The van der Waals surface area contributed by atoms with E-state index in [2.05, 4.69) is 21.2 Å². The summed E-state index contributed by atoms with van der Waals surface area (Å²) in [5.41, 5.74) is 0.757. The van der Waals surface area contributed by atoms with E-state index in [0.717, 1.165) is 28.2 Å². The van der Waals surface area contributed by atoms with E-state index in [1.807, 2.05) is 60.4 Å². The van der Waals surface area contributed by atoms with Crippen molar-refractivity contribution in [3.8, 4) is 11.5 Å². The lowest BCUT2D eigenvalue weighted by atomic mass is 10.3. The number of halogens is 1. The molecule has 0 saturated carbocycles. The molecule has 0 aliphatic rings. The number of amides is 1. The fourth-order valence-electron chi connectivity index (χ4n) is 2.28. The Morgan fingerprint density at radius 2 is 1.92 bits per heavy atom. The second kappa shape index (κ2) is 10.1. The molecule has 0 aromatic heterocycles. The van der Waals surface area contributed by atoms with E-state index in [9.17, 15) is 4.79 Å². The van der Waals surface area contributed by atoms with Crippen LogP contribution in [0.4, 0.5) is 5.69 Å². The van der Waals surface area contributed by atoms with Crippen molar-refractivity contribution >= 4 is 27.5 Å². The number of likely N-dealkylation sites (N-methyl/N-ethyl adjacent to an activating group) is 1. The largest absolute Gasteiger partial charge is 0.497 e. The molecule has 0 aliphatic heterocycles. The molecule has 25 heavy (non-hydrogen) atoms. The normalized spacial score (nSPS) is 10.6. The molecule has 0 spiro atoms. The fraction of sp³-hybridized carbons (Fsp3) is 0.316. The number of ether oxygens (including phenoxy) is 2. The van der Waals surface area contributed by atoms with E-state index in [1.54, 1.807) is 7.11 Å².